The van der Waals surface area contributed by atoms with Crippen molar-refractivity contribution in [2.45, 2.75) is 24.9 Å². The maximum atomic E-state index is 8.68. The van der Waals surface area contributed by atoms with Crippen molar-refractivity contribution in [3.8, 4) is 6.07 Å². The van der Waals surface area contributed by atoms with Gasteiger partial charge in [0.1, 0.15) is 6.07 Å². The van der Waals surface area contributed by atoms with Crippen LogP contribution in [0.4, 0.5) is 5.82 Å². The molecule has 0 saturated carbocycles. The normalized spacial score (nSPS) is 27.8. The highest BCUT2D eigenvalue weighted by molar-refractivity contribution is 5.44. The van der Waals surface area contributed by atoms with Gasteiger partial charge in [-0.05, 0) is 25.0 Å². The van der Waals surface area contributed by atoms with Crippen LogP contribution in [-0.2, 0) is 0 Å². The van der Waals surface area contributed by atoms with E-state index in [1.807, 2.05) is 12.1 Å². The van der Waals surface area contributed by atoms with E-state index in [0.29, 0.717) is 17.8 Å². The number of hydrogen-bond acceptors (Lipinski definition) is 5. The molecule has 2 aliphatic rings. The molecule has 2 saturated heterocycles. The van der Waals surface area contributed by atoms with Gasteiger partial charge in [-0.15, -0.1) is 10.2 Å². The molecule has 82 valence electrons. The molecule has 0 aromatic carbocycles. The second-order valence-electron chi connectivity index (χ2n) is 4.34. The van der Waals surface area contributed by atoms with Crippen LogP contribution in [0, 0.1) is 11.3 Å². The van der Waals surface area contributed by atoms with Gasteiger partial charge in [0, 0.05) is 25.2 Å². The molecule has 16 heavy (non-hydrogen) atoms. The van der Waals surface area contributed by atoms with Gasteiger partial charge in [0.05, 0.1) is 0 Å². The van der Waals surface area contributed by atoms with E-state index in [-0.39, 0.29) is 0 Å². The number of piperazine rings is 1. The third kappa shape index (κ3) is 1.42. The standard InChI is InChI=1S/C11H13N5/c12-5-8-1-4-11(15-14-8)16-9-2-3-10(16)7-13-6-9/h1,4,9-10,13H,2-3,6-7H2. The highest BCUT2D eigenvalue weighted by Crippen LogP contribution is 2.30. The predicted molar refractivity (Wildman–Crippen MR) is 58.9 cm³/mol. The fraction of sp³-hybridized carbons (Fsp3) is 0.545. The monoisotopic (exact) mass is 215 g/mol. The molecule has 2 aliphatic heterocycles. The van der Waals surface area contributed by atoms with Crippen LogP contribution in [0.25, 0.3) is 0 Å². The molecule has 2 unspecified atom stereocenters. The Balaban J connectivity index is 1.89. The third-order valence-electron chi connectivity index (χ3n) is 3.41. The summed E-state index contributed by atoms with van der Waals surface area (Å²) in [5, 5.41) is 20.1. The Morgan fingerprint density at radius 3 is 2.56 bits per heavy atom. The van der Waals surface area contributed by atoms with Gasteiger partial charge in [0.2, 0.25) is 0 Å². The van der Waals surface area contributed by atoms with Gasteiger partial charge < -0.3 is 10.2 Å². The molecule has 0 aliphatic carbocycles. The fourth-order valence-corrected chi connectivity index (χ4v) is 2.68. The van der Waals surface area contributed by atoms with E-state index < -0.39 is 0 Å². The minimum Gasteiger partial charge on any atom is -0.347 e. The average Bonchev–Trinajstić information content (AvgIpc) is 2.59. The van der Waals surface area contributed by atoms with Crippen LogP contribution in [0.5, 0.6) is 0 Å². The Bertz CT molecular complexity index is 405. The van der Waals surface area contributed by atoms with E-state index in [0.717, 1.165) is 18.9 Å². The van der Waals surface area contributed by atoms with Crippen molar-refractivity contribution in [2.75, 3.05) is 18.0 Å². The van der Waals surface area contributed by atoms with Gasteiger partial charge in [0.25, 0.3) is 0 Å². The molecule has 2 atom stereocenters. The van der Waals surface area contributed by atoms with Gasteiger partial charge >= 0.3 is 0 Å². The molecule has 2 fully saturated rings. The van der Waals surface area contributed by atoms with Gasteiger partial charge in [-0.2, -0.15) is 5.26 Å². The van der Waals surface area contributed by atoms with Crippen LogP contribution in [0.2, 0.25) is 0 Å². The van der Waals surface area contributed by atoms with Gasteiger partial charge in [0.15, 0.2) is 11.5 Å². The second-order valence-corrected chi connectivity index (χ2v) is 4.34. The summed E-state index contributed by atoms with van der Waals surface area (Å²) in [6, 6.07) is 6.72. The second kappa shape index (κ2) is 3.72. The Morgan fingerprint density at radius 2 is 2.00 bits per heavy atom. The average molecular weight is 215 g/mol. The molecule has 1 aromatic rings. The summed E-state index contributed by atoms with van der Waals surface area (Å²) in [7, 11) is 0. The first-order valence-corrected chi connectivity index (χ1v) is 5.61. The molecule has 1 aromatic heterocycles. The predicted octanol–water partition coefficient (Wildman–Crippen LogP) is 0.289. The minimum atomic E-state index is 0.381. The van der Waals surface area contributed by atoms with Crippen LogP contribution in [0.15, 0.2) is 12.1 Å². The topological polar surface area (TPSA) is 64.8 Å². The first kappa shape index (κ1) is 9.55. The van der Waals surface area contributed by atoms with Gasteiger partial charge in [-0.1, -0.05) is 0 Å². The van der Waals surface area contributed by atoms with Crippen molar-refractivity contribution < 1.29 is 0 Å². The Morgan fingerprint density at radius 1 is 1.25 bits per heavy atom. The molecular formula is C11H13N5. The van der Waals surface area contributed by atoms with Crippen LogP contribution in [0.1, 0.15) is 18.5 Å². The van der Waals surface area contributed by atoms with Crippen molar-refractivity contribution in [1.29, 1.82) is 5.26 Å². The van der Waals surface area contributed by atoms with Gasteiger partial charge in [-0.25, -0.2) is 0 Å². The summed E-state index contributed by atoms with van der Waals surface area (Å²) in [6.45, 7) is 2.05. The molecular weight excluding hydrogens is 202 g/mol. The molecule has 5 nitrogen and oxygen atoms in total. The maximum Gasteiger partial charge on any atom is 0.163 e. The summed E-state index contributed by atoms with van der Waals surface area (Å²) in [5.74, 6) is 0.910. The number of nitrogens with zero attached hydrogens (tertiary/aromatic N) is 4. The Hall–Kier alpha value is -1.67. The summed E-state index contributed by atoms with van der Waals surface area (Å²) < 4.78 is 0. The summed E-state index contributed by atoms with van der Waals surface area (Å²) >= 11 is 0. The lowest BCUT2D eigenvalue weighted by atomic mass is 10.2. The SMILES string of the molecule is N#Cc1ccc(N2C3CCC2CNC3)nn1. The smallest absolute Gasteiger partial charge is 0.163 e. The summed E-state index contributed by atoms with van der Waals surface area (Å²) in [4.78, 5) is 2.35. The third-order valence-corrected chi connectivity index (χ3v) is 3.41. The van der Waals surface area contributed by atoms with Crippen molar-refractivity contribution in [2.24, 2.45) is 0 Å². The van der Waals surface area contributed by atoms with Crippen molar-refractivity contribution in [1.82, 2.24) is 15.5 Å². The van der Waals surface area contributed by atoms with Gasteiger partial charge in [-0.3, -0.25) is 0 Å². The molecule has 3 heterocycles. The number of aromatic nitrogens is 2. The molecule has 0 radical (unpaired) electrons. The van der Waals surface area contributed by atoms with Crippen molar-refractivity contribution >= 4 is 5.82 Å². The number of nitrogens with one attached hydrogen (secondary N) is 1. The zero-order chi connectivity index (χ0) is 11.0. The van der Waals surface area contributed by atoms with Crippen molar-refractivity contribution in [3.63, 3.8) is 0 Å². The number of hydrogen-bond donors (Lipinski definition) is 1. The minimum absolute atomic E-state index is 0.381. The van der Waals surface area contributed by atoms with E-state index in [1.54, 1.807) is 6.07 Å². The number of anilines is 1. The van der Waals surface area contributed by atoms with E-state index in [9.17, 15) is 0 Å². The molecule has 2 bridgehead atoms. The lowest BCUT2D eigenvalue weighted by Gasteiger charge is -2.35. The van der Waals surface area contributed by atoms with E-state index >= 15 is 0 Å². The lowest BCUT2D eigenvalue weighted by Crippen LogP contribution is -2.52. The zero-order valence-corrected chi connectivity index (χ0v) is 8.93. The zero-order valence-electron chi connectivity index (χ0n) is 8.93. The van der Waals surface area contributed by atoms with Crippen LogP contribution < -0.4 is 10.2 Å². The van der Waals surface area contributed by atoms with Crippen LogP contribution in [-0.4, -0.2) is 35.4 Å². The maximum absolute atomic E-state index is 8.68. The van der Waals surface area contributed by atoms with Crippen LogP contribution >= 0.6 is 0 Å². The lowest BCUT2D eigenvalue weighted by molar-refractivity contribution is 0.479. The highest BCUT2D eigenvalue weighted by Gasteiger charge is 2.37. The first-order valence-electron chi connectivity index (χ1n) is 5.61. The van der Waals surface area contributed by atoms with E-state index in [2.05, 4.69) is 20.4 Å². The quantitative estimate of drug-likeness (QED) is 0.729. The van der Waals surface area contributed by atoms with E-state index in [4.69, 9.17) is 5.26 Å². The number of fused-ring (bicyclic) bond motifs is 2. The molecule has 3 rings (SSSR count). The van der Waals surface area contributed by atoms with Crippen molar-refractivity contribution in [3.05, 3.63) is 17.8 Å². The number of nitriles is 1. The molecule has 0 amide bonds. The summed E-state index contributed by atoms with van der Waals surface area (Å²) in [6.07, 6.45) is 2.44. The van der Waals surface area contributed by atoms with Crippen LogP contribution in [0.3, 0.4) is 0 Å². The Kier molecular flexibility index (Phi) is 2.22. The number of rotatable bonds is 1. The fourth-order valence-electron chi connectivity index (χ4n) is 2.68. The first-order chi connectivity index (χ1) is 7.88. The molecule has 5 heteroatoms. The molecule has 0 spiro atoms. The molecule has 1 N–H and O–H groups in total. The largest absolute Gasteiger partial charge is 0.347 e. The van der Waals surface area contributed by atoms with E-state index in [1.165, 1.54) is 12.8 Å². The highest BCUT2D eigenvalue weighted by atomic mass is 15.3. The Labute approximate surface area is 94.1 Å². The summed E-state index contributed by atoms with van der Waals surface area (Å²) in [5.41, 5.74) is 0.381.